The highest BCUT2D eigenvalue weighted by Crippen LogP contribution is 2.38. The van der Waals surface area contributed by atoms with Gasteiger partial charge in [-0.2, -0.15) is 0 Å². The maximum Gasteiger partial charge on any atom is 0.217 e. The second-order valence-electron chi connectivity index (χ2n) is 13.9. The van der Waals surface area contributed by atoms with Crippen molar-refractivity contribution in [3.8, 4) is 0 Å². The van der Waals surface area contributed by atoms with E-state index in [-0.39, 0.29) is 6.42 Å². The number of nitrogens with one attached hydrogen (secondary N) is 1. The Morgan fingerprint density at radius 1 is 0.694 bits per heavy atom. The van der Waals surface area contributed by atoms with Gasteiger partial charge >= 0.3 is 0 Å². The third kappa shape index (κ3) is 8.90. The average molecular weight is 714 g/mol. The lowest BCUT2D eigenvalue weighted by Gasteiger charge is -2.51. The van der Waals surface area contributed by atoms with Crippen molar-refractivity contribution in [1.82, 2.24) is 5.32 Å². The summed E-state index contributed by atoms with van der Waals surface area (Å²) in [6, 6.07) is -1.19. The minimum Gasteiger partial charge on any atom is -0.394 e. The summed E-state index contributed by atoms with van der Waals surface area (Å²) in [4.78, 5) is 12.5. The molecule has 286 valence electrons. The number of aliphatic hydroxyl groups is 9. The molecule has 0 aromatic heterocycles. The number of carbonyl (C=O) groups excluding carboxylic acids is 1. The number of ether oxygens (including phenoxy) is 7. The molecule has 8 unspecified atom stereocenters. The Morgan fingerprint density at radius 2 is 1.29 bits per heavy atom. The molecule has 0 spiro atoms. The summed E-state index contributed by atoms with van der Waals surface area (Å²) in [5.74, 6) is -1.83. The molecule has 0 aromatic carbocycles. The summed E-state index contributed by atoms with van der Waals surface area (Å²) in [5.41, 5.74) is 0. The number of amides is 1. The van der Waals surface area contributed by atoms with E-state index in [9.17, 15) is 50.8 Å². The van der Waals surface area contributed by atoms with Gasteiger partial charge in [0.15, 0.2) is 18.9 Å². The molecule has 3 aliphatic heterocycles. The molecule has 4 fully saturated rings. The fraction of sp³-hybridized carbons (Fsp3) is 0.968. The molecule has 10 N–H and O–H groups in total. The van der Waals surface area contributed by atoms with Gasteiger partial charge in [0, 0.05) is 12.8 Å². The minimum atomic E-state index is -1.77. The maximum atomic E-state index is 12.5. The van der Waals surface area contributed by atoms with Gasteiger partial charge in [-0.1, -0.05) is 13.8 Å². The van der Waals surface area contributed by atoms with Crippen LogP contribution in [0.2, 0.25) is 0 Å². The highest BCUT2D eigenvalue weighted by atomic mass is 16.8. The van der Waals surface area contributed by atoms with Gasteiger partial charge in [0.2, 0.25) is 5.91 Å². The summed E-state index contributed by atoms with van der Waals surface area (Å²) in [6.45, 7) is 8.06. The van der Waals surface area contributed by atoms with Crippen LogP contribution in [0.3, 0.4) is 0 Å². The van der Waals surface area contributed by atoms with Crippen molar-refractivity contribution in [3.05, 3.63) is 0 Å². The first-order chi connectivity index (χ1) is 23.0. The maximum absolute atomic E-state index is 12.5. The van der Waals surface area contributed by atoms with Crippen LogP contribution in [-0.2, 0) is 38.0 Å². The highest BCUT2D eigenvalue weighted by molar-refractivity contribution is 5.73. The van der Waals surface area contributed by atoms with E-state index in [4.69, 9.17) is 33.2 Å². The lowest BCUT2D eigenvalue weighted by atomic mass is 9.81. The fourth-order valence-electron chi connectivity index (χ4n) is 6.89. The zero-order valence-electron chi connectivity index (χ0n) is 28.5. The molecule has 3 saturated heterocycles. The summed E-state index contributed by atoms with van der Waals surface area (Å²) in [5, 5.41) is 97.5. The Labute approximate surface area is 284 Å². The SMILES string of the molecule is CC(=O)NC1[C@H](OC(C)C)OC(CO)[C@@H](O[C@@H]2O[C@@H](CO)[C@H](O)C(C)C2O[C@@H]2C[C@@H](C)[C@@H](O)C(O)C2O)[C@@H]1O[C@@H]1OC(C)[C@@H](O)[C@H](O)C1O. The van der Waals surface area contributed by atoms with Gasteiger partial charge in [0.25, 0.3) is 0 Å². The number of aliphatic hydroxyl groups excluding tert-OH is 9. The van der Waals surface area contributed by atoms with Crippen LogP contribution in [0.15, 0.2) is 0 Å². The van der Waals surface area contributed by atoms with Gasteiger partial charge in [-0.15, -0.1) is 0 Å². The van der Waals surface area contributed by atoms with Crippen LogP contribution >= 0.6 is 0 Å². The number of rotatable bonds is 11. The largest absolute Gasteiger partial charge is 0.394 e. The quantitative estimate of drug-likeness (QED) is 0.0972. The van der Waals surface area contributed by atoms with Gasteiger partial charge in [-0.25, -0.2) is 0 Å². The van der Waals surface area contributed by atoms with Crippen LogP contribution in [0.25, 0.3) is 0 Å². The average Bonchev–Trinajstić information content (AvgIpc) is 3.05. The first-order valence-corrected chi connectivity index (χ1v) is 16.8. The Morgan fingerprint density at radius 3 is 1.88 bits per heavy atom. The molecule has 0 bridgehead atoms. The highest BCUT2D eigenvalue weighted by Gasteiger charge is 2.55. The van der Waals surface area contributed by atoms with E-state index in [0.29, 0.717) is 0 Å². The molecule has 1 saturated carbocycles. The van der Waals surface area contributed by atoms with Crippen LogP contribution in [0.1, 0.15) is 48.0 Å². The van der Waals surface area contributed by atoms with Gasteiger partial charge < -0.3 is 84.4 Å². The Kier molecular flexibility index (Phi) is 14.2. The van der Waals surface area contributed by atoms with Crippen LogP contribution in [0, 0.1) is 11.8 Å². The van der Waals surface area contributed by atoms with Crippen molar-refractivity contribution < 1.29 is 83.9 Å². The molecule has 4 aliphatic rings. The van der Waals surface area contributed by atoms with Crippen molar-refractivity contribution >= 4 is 5.91 Å². The predicted molar refractivity (Wildman–Crippen MR) is 163 cm³/mol. The zero-order chi connectivity index (χ0) is 36.5. The van der Waals surface area contributed by atoms with Crippen molar-refractivity contribution in [1.29, 1.82) is 0 Å². The molecule has 20 atom stereocenters. The summed E-state index contributed by atoms with van der Waals surface area (Å²) in [7, 11) is 0. The summed E-state index contributed by atoms with van der Waals surface area (Å²) >= 11 is 0. The van der Waals surface area contributed by atoms with Crippen LogP contribution in [0.5, 0.6) is 0 Å². The standard InChI is InChI=1S/C31H55NO17/c1-10(2)43-29-18(32-14(6)35)28(49-30-25(42)24(41)21(38)13(5)44-30)27(17(9-34)47-29)48-31-26(12(4)20(37)16(8-33)46-31)45-15-7-11(3)19(36)23(40)22(15)39/h10-13,15-31,33-34,36-42H,7-9H2,1-6H3,(H,32,35)/t11-,12?,13?,15-,16+,17?,18?,19-,20-,21-,22?,23?,24+,25?,26?,27-,28-,29-,30+,31+/m1/s1. The van der Waals surface area contributed by atoms with Crippen LogP contribution in [0.4, 0.5) is 0 Å². The van der Waals surface area contributed by atoms with Gasteiger partial charge in [0.1, 0.15) is 67.1 Å². The summed E-state index contributed by atoms with van der Waals surface area (Å²) < 4.78 is 42.7. The molecule has 49 heavy (non-hydrogen) atoms. The lowest BCUT2D eigenvalue weighted by Crippen LogP contribution is -2.69. The number of hydrogen-bond donors (Lipinski definition) is 10. The second kappa shape index (κ2) is 17.1. The third-order valence-corrected chi connectivity index (χ3v) is 9.79. The second-order valence-corrected chi connectivity index (χ2v) is 13.9. The van der Waals surface area contributed by atoms with Crippen LogP contribution in [-0.4, -0.2) is 182 Å². The number of carbonyl (C=O) groups is 1. The van der Waals surface area contributed by atoms with E-state index < -0.39 is 147 Å². The van der Waals surface area contributed by atoms with Crippen LogP contribution < -0.4 is 5.32 Å². The molecule has 0 radical (unpaired) electrons. The van der Waals surface area contributed by atoms with E-state index >= 15 is 0 Å². The Hall–Kier alpha value is -1.17. The molecular weight excluding hydrogens is 658 g/mol. The molecule has 1 aliphatic carbocycles. The first kappa shape index (κ1) is 40.6. The molecule has 18 nitrogen and oxygen atoms in total. The minimum absolute atomic E-state index is 0.120. The lowest BCUT2D eigenvalue weighted by molar-refractivity contribution is -0.377. The van der Waals surface area contributed by atoms with Crippen molar-refractivity contribution in [3.63, 3.8) is 0 Å². The molecule has 18 heteroatoms. The van der Waals surface area contributed by atoms with Gasteiger partial charge in [0.05, 0.1) is 43.7 Å². The van der Waals surface area contributed by atoms with Crippen molar-refractivity contribution in [2.45, 2.75) is 164 Å². The molecule has 0 aromatic rings. The van der Waals surface area contributed by atoms with E-state index in [1.165, 1.54) is 13.8 Å². The normalized spacial score (nSPS) is 49.6. The van der Waals surface area contributed by atoms with Gasteiger partial charge in [-0.3, -0.25) is 4.79 Å². The summed E-state index contributed by atoms with van der Waals surface area (Å²) in [6.07, 6.45) is -23.5. The fourth-order valence-corrected chi connectivity index (χ4v) is 6.89. The molecule has 1 amide bonds. The van der Waals surface area contributed by atoms with Crippen molar-refractivity contribution in [2.24, 2.45) is 11.8 Å². The van der Waals surface area contributed by atoms with Gasteiger partial charge in [-0.05, 0) is 33.1 Å². The Balaban J connectivity index is 1.73. The smallest absolute Gasteiger partial charge is 0.217 e. The molecule has 3 heterocycles. The topological polar surface area (TPSA) is 276 Å². The molecular formula is C31H55NO17. The van der Waals surface area contributed by atoms with E-state index in [0.717, 1.165) is 0 Å². The predicted octanol–water partition coefficient (Wildman–Crippen LogP) is -4.18. The van der Waals surface area contributed by atoms with E-state index in [1.54, 1.807) is 27.7 Å². The first-order valence-electron chi connectivity index (χ1n) is 16.8. The van der Waals surface area contributed by atoms with E-state index in [1.807, 2.05) is 0 Å². The number of hydrogen-bond acceptors (Lipinski definition) is 17. The zero-order valence-corrected chi connectivity index (χ0v) is 28.5. The van der Waals surface area contributed by atoms with E-state index in [2.05, 4.69) is 5.32 Å². The third-order valence-electron chi connectivity index (χ3n) is 9.79. The Bertz CT molecular complexity index is 1060. The van der Waals surface area contributed by atoms with Crippen molar-refractivity contribution in [2.75, 3.05) is 13.2 Å². The molecule has 4 rings (SSSR count). The monoisotopic (exact) mass is 713 g/mol.